The van der Waals surface area contributed by atoms with Gasteiger partial charge in [0.25, 0.3) is 0 Å². The third-order valence-electron chi connectivity index (χ3n) is 4.71. The molecule has 0 aromatic carbocycles. The zero-order valence-electron chi connectivity index (χ0n) is 15.7. The van der Waals surface area contributed by atoms with Gasteiger partial charge in [-0.3, -0.25) is 4.90 Å². The van der Waals surface area contributed by atoms with Gasteiger partial charge in [-0.2, -0.15) is 13.2 Å². The van der Waals surface area contributed by atoms with E-state index in [0.717, 1.165) is 31.8 Å². The van der Waals surface area contributed by atoms with Crippen LogP contribution in [0.3, 0.4) is 0 Å². The van der Waals surface area contributed by atoms with E-state index < -0.39 is 17.3 Å². The number of ether oxygens (including phenoxy) is 1. The third kappa shape index (κ3) is 5.03. The number of halogens is 3. The van der Waals surface area contributed by atoms with Crippen molar-refractivity contribution in [1.29, 1.82) is 0 Å². The standard InChI is InChI=1S/C18H25F3N4O2/c1-17(2,3)27-16(26)25-7-6-24-10-13(8-14(24)11-25)23-15-5-4-12(9-22-15)18(19,20)21/h4-5,9,13-14H,6-8,10-11H2,1-3H3,(H,22,23)/t13-,14-/m0/s1. The Morgan fingerprint density at radius 2 is 1.96 bits per heavy atom. The molecule has 3 rings (SSSR count). The van der Waals surface area contributed by atoms with E-state index >= 15 is 0 Å². The average Bonchev–Trinajstić information content (AvgIpc) is 2.94. The molecule has 2 aliphatic rings. The first-order valence-electron chi connectivity index (χ1n) is 9.03. The molecule has 2 saturated heterocycles. The Kier molecular flexibility index (Phi) is 5.24. The molecule has 27 heavy (non-hydrogen) atoms. The maximum absolute atomic E-state index is 12.6. The van der Waals surface area contributed by atoms with Gasteiger partial charge in [0.05, 0.1) is 5.56 Å². The molecule has 1 amide bonds. The second-order valence-corrected chi connectivity index (χ2v) is 8.08. The Bertz CT molecular complexity index is 673. The van der Waals surface area contributed by atoms with Gasteiger partial charge < -0.3 is 15.0 Å². The molecule has 150 valence electrons. The number of nitrogens with zero attached hydrogens (tertiary/aromatic N) is 3. The molecule has 0 saturated carbocycles. The minimum atomic E-state index is -4.38. The normalized spacial score (nSPS) is 23.9. The fourth-order valence-corrected chi connectivity index (χ4v) is 3.50. The van der Waals surface area contributed by atoms with Crippen molar-refractivity contribution in [3.05, 3.63) is 23.9 Å². The number of aromatic nitrogens is 1. The average molecular weight is 386 g/mol. The summed E-state index contributed by atoms with van der Waals surface area (Å²) in [5.74, 6) is 0.428. The van der Waals surface area contributed by atoms with E-state index in [-0.39, 0.29) is 18.2 Å². The first kappa shape index (κ1) is 19.7. The second kappa shape index (κ2) is 7.18. The van der Waals surface area contributed by atoms with Crippen molar-refractivity contribution in [1.82, 2.24) is 14.8 Å². The molecule has 1 N–H and O–H groups in total. The highest BCUT2D eigenvalue weighted by molar-refractivity contribution is 5.68. The molecule has 2 aliphatic heterocycles. The molecule has 0 spiro atoms. The Morgan fingerprint density at radius 3 is 2.56 bits per heavy atom. The van der Waals surface area contributed by atoms with Crippen molar-refractivity contribution >= 4 is 11.9 Å². The van der Waals surface area contributed by atoms with Crippen LogP contribution in [0.25, 0.3) is 0 Å². The summed E-state index contributed by atoms with van der Waals surface area (Å²) in [5.41, 5.74) is -1.28. The molecule has 0 radical (unpaired) electrons. The van der Waals surface area contributed by atoms with Gasteiger partial charge in [-0.1, -0.05) is 0 Å². The van der Waals surface area contributed by atoms with Crippen LogP contribution in [0.4, 0.5) is 23.8 Å². The molecule has 9 heteroatoms. The zero-order chi connectivity index (χ0) is 19.8. The second-order valence-electron chi connectivity index (χ2n) is 8.08. The highest BCUT2D eigenvalue weighted by Gasteiger charge is 2.38. The molecular weight excluding hydrogens is 361 g/mol. The van der Waals surface area contributed by atoms with Crippen LogP contribution >= 0.6 is 0 Å². The lowest BCUT2D eigenvalue weighted by Gasteiger charge is -2.37. The molecule has 6 nitrogen and oxygen atoms in total. The lowest BCUT2D eigenvalue weighted by atomic mass is 10.1. The SMILES string of the molecule is CC(C)(C)OC(=O)N1CCN2C[C@@H](Nc3ccc(C(F)(F)F)cn3)C[C@H]2C1. The van der Waals surface area contributed by atoms with Gasteiger partial charge in [-0.05, 0) is 39.3 Å². The first-order valence-corrected chi connectivity index (χ1v) is 9.03. The lowest BCUT2D eigenvalue weighted by molar-refractivity contribution is -0.137. The Hall–Kier alpha value is -2.03. The van der Waals surface area contributed by atoms with E-state index in [0.29, 0.717) is 18.9 Å². The summed E-state index contributed by atoms with van der Waals surface area (Å²) < 4.78 is 43.3. The number of hydrogen-bond acceptors (Lipinski definition) is 5. The smallest absolute Gasteiger partial charge is 0.417 e. The van der Waals surface area contributed by atoms with Gasteiger partial charge in [0.1, 0.15) is 11.4 Å². The minimum Gasteiger partial charge on any atom is -0.444 e. The number of amides is 1. The Labute approximate surface area is 156 Å². The number of pyridine rings is 1. The summed E-state index contributed by atoms with van der Waals surface area (Å²) in [6.45, 7) is 8.25. The monoisotopic (exact) mass is 386 g/mol. The predicted octanol–water partition coefficient (Wildman–Crippen LogP) is 3.21. The molecule has 0 bridgehead atoms. The van der Waals surface area contributed by atoms with E-state index in [9.17, 15) is 18.0 Å². The van der Waals surface area contributed by atoms with Crippen LogP contribution in [0.5, 0.6) is 0 Å². The largest absolute Gasteiger partial charge is 0.444 e. The number of carbonyl (C=O) groups excluding carboxylic acids is 1. The summed E-state index contributed by atoms with van der Waals surface area (Å²) in [6, 6.07) is 2.67. The van der Waals surface area contributed by atoms with Crippen LogP contribution in [0.2, 0.25) is 0 Å². The number of carbonyl (C=O) groups is 1. The summed E-state index contributed by atoms with van der Waals surface area (Å²) in [5, 5.41) is 3.20. The lowest BCUT2D eigenvalue weighted by Crippen LogP contribution is -2.53. The highest BCUT2D eigenvalue weighted by Crippen LogP contribution is 2.30. The van der Waals surface area contributed by atoms with Gasteiger partial charge in [0.15, 0.2) is 0 Å². The van der Waals surface area contributed by atoms with Gasteiger partial charge in [0.2, 0.25) is 0 Å². The van der Waals surface area contributed by atoms with Crippen LogP contribution in [-0.4, -0.2) is 64.7 Å². The van der Waals surface area contributed by atoms with Gasteiger partial charge in [0, 0.05) is 44.5 Å². The van der Waals surface area contributed by atoms with E-state index in [1.807, 2.05) is 20.8 Å². The van der Waals surface area contributed by atoms with Crippen LogP contribution < -0.4 is 5.32 Å². The summed E-state index contributed by atoms with van der Waals surface area (Å²) in [6.07, 6.45) is -3.05. The molecule has 2 fully saturated rings. The fraction of sp³-hybridized carbons (Fsp3) is 0.667. The van der Waals surface area contributed by atoms with Crippen LogP contribution in [0.1, 0.15) is 32.8 Å². The number of rotatable bonds is 2. The Morgan fingerprint density at radius 1 is 1.22 bits per heavy atom. The van der Waals surface area contributed by atoms with E-state index in [1.165, 1.54) is 6.07 Å². The zero-order valence-corrected chi connectivity index (χ0v) is 15.7. The quantitative estimate of drug-likeness (QED) is 0.846. The first-order chi connectivity index (χ1) is 12.5. The molecule has 2 atom stereocenters. The van der Waals surface area contributed by atoms with Crippen LogP contribution in [0.15, 0.2) is 18.3 Å². The number of nitrogens with one attached hydrogen (secondary N) is 1. The van der Waals surface area contributed by atoms with Crippen molar-refractivity contribution in [3.8, 4) is 0 Å². The molecule has 0 aliphatic carbocycles. The summed E-state index contributed by atoms with van der Waals surface area (Å²) in [4.78, 5) is 20.2. The summed E-state index contributed by atoms with van der Waals surface area (Å²) >= 11 is 0. The van der Waals surface area contributed by atoms with Crippen molar-refractivity contribution in [2.45, 2.75) is 51.1 Å². The van der Waals surface area contributed by atoms with Gasteiger partial charge >= 0.3 is 12.3 Å². The van der Waals surface area contributed by atoms with Crippen molar-refractivity contribution in [2.75, 3.05) is 31.5 Å². The number of alkyl halides is 3. The maximum atomic E-state index is 12.6. The van der Waals surface area contributed by atoms with Crippen molar-refractivity contribution in [3.63, 3.8) is 0 Å². The van der Waals surface area contributed by atoms with E-state index in [1.54, 1.807) is 4.90 Å². The van der Waals surface area contributed by atoms with E-state index in [4.69, 9.17) is 4.74 Å². The van der Waals surface area contributed by atoms with Crippen LogP contribution in [0, 0.1) is 0 Å². The van der Waals surface area contributed by atoms with Crippen molar-refractivity contribution < 1.29 is 22.7 Å². The van der Waals surface area contributed by atoms with Gasteiger partial charge in [-0.25, -0.2) is 9.78 Å². The van der Waals surface area contributed by atoms with Crippen molar-refractivity contribution in [2.24, 2.45) is 0 Å². The summed E-state index contributed by atoms with van der Waals surface area (Å²) in [7, 11) is 0. The maximum Gasteiger partial charge on any atom is 0.417 e. The third-order valence-corrected chi connectivity index (χ3v) is 4.71. The number of anilines is 1. The number of hydrogen-bond donors (Lipinski definition) is 1. The van der Waals surface area contributed by atoms with E-state index in [2.05, 4.69) is 15.2 Å². The molecule has 1 aromatic heterocycles. The fourth-order valence-electron chi connectivity index (χ4n) is 3.50. The topological polar surface area (TPSA) is 57.7 Å². The molecule has 3 heterocycles. The molecule has 0 unspecified atom stereocenters. The molecular formula is C18H25F3N4O2. The van der Waals surface area contributed by atoms with Crippen LogP contribution in [-0.2, 0) is 10.9 Å². The predicted molar refractivity (Wildman–Crippen MR) is 94.4 cm³/mol. The highest BCUT2D eigenvalue weighted by atomic mass is 19.4. The minimum absolute atomic E-state index is 0.0813. The Balaban J connectivity index is 1.55. The molecule has 1 aromatic rings. The van der Waals surface area contributed by atoms with Gasteiger partial charge in [-0.15, -0.1) is 0 Å². The number of piperazine rings is 1. The number of fused-ring (bicyclic) bond motifs is 1.